The normalized spacial score (nSPS) is 14.5. The Hall–Kier alpha value is -3.82. The number of hydrogen-bond donors (Lipinski definition) is 1. The molecule has 4 rings (SSSR count). The Morgan fingerprint density at radius 3 is 2.53 bits per heavy atom. The highest BCUT2D eigenvalue weighted by Gasteiger charge is 2.32. The van der Waals surface area contributed by atoms with E-state index in [1.165, 1.54) is 16.9 Å². The van der Waals surface area contributed by atoms with Crippen molar-refractivity contribution < 1.29 is 23.1 Å². The van der Waals surface area contributed by atoms with Gasteiger partial charge in [-0.25, -0.2) is 18.3 Å². The summed E-state index contributed by atoms with van der Waals surface area (Å²) in [5.41, 5.74) is 0.943. The van der Waals surface area contributed by atoms with Gasteiger partial charge in [0.05, 0.1) is 29.7 Å². The lowest BCUT2D eigenvalue weighted by Crippen LogP contribution is -2.41. The number of benzene rings is 1. The van der Waals surface area contributed by atoms with Crippen LogP contribution in [-0.2, 0) is 11.3 Å². The van der Waals surface area contributed by atoms with Crippen molar-refractivity contribution in [1.29, 1.82) is 0 Å². The molecular formula is C26H29F2N5O3. The molecule has 0 bridgehead atoms. The van der Waals surface area contributed by atoms with Gasteiger partial charge in [0, 0.05) is 31.3 Å². The molecule has 1 aliphatic heterocycles. The largest absolute Gasteiger partial charge is 0.444 e. The number of halogens is 2. The number of ether oxygens (including phenoxy) is 1. The molecule has 2 amide bonds. The minimum atomic E-state index is -0.786. The molecule has 0 unspecified atom stereocenters. The summed E-state index contributed by atoms with van der Waals surface area (Å²) in [7, 11) is 0. The third-order valence-corrected chi connectivity index (χ3v) is 5.88. The van der Waals surface area contributed by atoms with Gasteiger partial charge in [0.25, 0.3) is 5.91 Å². The smallest absolute Gasteiger partial charge is 0.410 e. The summed E-state index contributed by atoms with van der Waals surface area (Å²) >= 11 is 0. The Labute approximate surface area is 208 Å². The Bertz CT molecular complexity index is 1230. The Kier molecular flexibility index (Phi) is 7.32. The SMILES string of the molecule is CC(C)(C)OC(=O)N1CCC(c2c(C(=O)NCc3ccccn3)cnn2-c2ccc(F)cc2F)CC1. The highest BCUT2D eigenvalue weighted by molar-refractivity contribution is 5.95. The van der Waals surface area contributed by atoms with E-state index in [-0.39, 0.29) is 24.1 Å². The molecule has 1 N–H and O–H groups in total. The van der Waals surface area contributed by atoms with Crippen molar-refractivity contribution in [3.63, 3.8) is 0 Å². The number of carbonyl (C=O) groups excluding carboxylic acids is 2. The van der Waals surface area contributed by atoms with Crippen LogP contribution in [0.1, 0.15) is 61.3 Å². The summed E-state index contributed by atoms with van der Waals surface area (Å²) in [6.45, 7) is 6.46. The predicted molar refractivity (Wildman–Crippen MR) is 129 cm³/mol. The first-order chi connectivity index (χ1) is 17.1. The second kappa shape index (κ2) is 10.4. The molecule has 10 heteroatoms. The Morgan fingerprint density at radius 2 is 1.89 bits per heavy atom. The minimum Gasteiger partial charge on any atom is -0.444 e. The highest BCUT2D eigenvalue weighted by atomic mass is 19.1. The van der Waals surface area contributed by atoms with E-state index in [1.54, 1.807) is 23.2 Å². The van der Waals surface area contributed by atoms with Gasteiger partial charge < -0.3 is 15.0 Å². The average molecular weight is 498 g/mol. The van der Waals surface area contributed by atoms with Gasteiger partial charge in [-0.3, -0.25) is 9.78 Å². The first-order valence-electron chi connectivity index (χ1n) is 11.8. The van der Waals surface area contributed by atoms with Gasteiger partial charge in [0.1, 0.15) is 17.1 Å². The maximum atomic E-state index is 14.7. The zero-order chi connectivity index (χ0) is 25.9. The molecule has 1 fully saturated rings. The molecule has 2 aromatic heterocycles. The number of likely N-dealkylation sites (tertiary alicyclic amines) is 1. The number of carbonyl (C=O) groups is 2. The van der Waals surface area contributed by atoms with Crippen LogP contribution in [0, 0.1) is 11.6 Å². The lowest BCUT2D eigenvalue weighted by molar-refractivity contribution is 0.0203. The summed E-state index contributed by atoms with van der Waals surface area (Å²) in [5, 5.41) is 7.15. The van der Waals surface area contributed by atoms with Crippen LogP contribution >= 0.6 is 0 Å². The van der Waals surface area contributed by atoms with Gasteiger partial charge in [-0.15, -0.1) is 0 Å². The van der Waals surface area contributed by atoms with Gasteiger partial charge in [-0.05, 0) is 57.9 Å². The van der Waals surface area contributed by atoms with Crippen molar-refractivity contribution in [2.45, 2.75) is 51.7 Å². The second-order valence-corrected chi connectivity index (χ2v) is 9.70. The Balaban J connectivity index is 1.60. The van der Waals surface area contributed by atoms with Gasteiger partial charge in [-0.1, -0.05) is 6.07 Å². The maximum Gasteiger partial charge on any atom is 0.410 e. The first-order valence-corrected chi connectivity index (χ1v) is 11.8. The number of hydrogen-bond acceptors (Lipinski definition) is 5. The molecule has 3 heterocycles. The zero-order valence-electron chi connectivity index (χ0n) is 20.5. The van der Waals surface area contributed by atoms with Crippen molar-refractivity contribution >= 4 is 12.0 Å². The quantitative estimate of drug-likeness (QED) is 0.557. The lowest BCUT2D eigenvalue weighted by Gasteiger charge is -2.34. The number of nitrogens with zero attached hydrogens (tertiary/aromatic N) is 4. The van der Waals surface area contributed by atoms with Crippen LogP contribution < -0.4 is 5.32 Å². The fourth-order valence-corrected chi connectivity index (χ4v) is 4.20. The third-order valence-electron chi connectivity index (χ3n) is 5.88. The topological polar surface area (TPSA) is 89.3 Å². The number of amides is 2. The van der Waals surface area contributed by atoms with E-state index >= 15 is 0 Å². The molecule has 0 atom stereocenters. The first kappa shape index (κ1) is 25.3. The van der Waals surface area contributed by atoms with Gasteiger partial charge in [0.2, 0.25) is 0 Å². The van der Waals surface area contributed by atoms with Crippen LogP contribution in [0.4, 0.5) is 13.6 Å². The third kappa shape index (κ3) is 5.87. The van der Waals surface area contributed by atoms with Crippen molar-refractivity contribution in [2.24, 2.45) is 0 Å². The van der Waals surface area contributed by atoms with E-state index in [9.17, 15) is 18.4 Å². The summed E-state index contributed by atoms with van der Waals surface area (Å²) in [5.74, 6) is -2.06. The predicted octanol–water partition coefficient (Wildman–Crippen LogP) is 4.59. The van der Waals surface area contributed by atoms with Crippen LogP contribution in [0.3, 0.4) is 0 Å². The van der Waals surface area contributed by atoms with Crippen molar-refractivity contribution in [1.82, 2.24) is 25.0 Å². The number of rotatable bonds is 5. The van der Waals surface area contributed by atoms with Crippen molar-refractivity contribution in [2.75, 3.05) is 13.1 Å². The molecule has 1 saturated heterocycles. The molecular weight excluding hydrogens is 468 g/mol. The zero-order valence-corrected chi connectivity index (χ0v) is 20.5. The summed E-state index contributed by atoms with van der Waals surface area (Å²) in [6, 6.07) is 8.64. The number of pyridine rings is 1. The van der Waals surface area contributed by atoms with Gasteiger partial charge in [-0.2, -0.15) is 5.10 Å². The monoisotopic (exact) mass is 497 g/mol. The maximum absolute atomic E-state index is 14.7. The summed E-state index contributed by atoms with van der Waals surface area (Å²) in [4.78, 5) is 31.5. The molecule has 0 aliphatic carbocycles. The molecule has 0 spiro atoms. The standard InChI is InChI=1S/C26H29F2N5O3/c1-26(2,3)36-25(35)32-12-9-17(10-13-32)23-20(24(34)30-15-19-6-4-5-11-29-19)16-31-33(23)22-8-7-18(27)14-21(22)28/h4-8,11,14,16-17H,9-10,12-13,15H2,1-3H3,(H,30,34). The second-order valence-electron chi connectivity index (χ2n) is 9.70. The molecule has 0 saturated carbocycles. The van der Waals surface area contributed by atoms with Crippen LogP contribution in [0.25, 0.3) is 5.69 Å². The molecule has 8 nitrogen and oxygen atoms in total. The van der Waals surface area contributed by atoms with Gasteiger partial charge >= 0.3 is 6.09 Å². The van der Waals surface area contributed by atoms with Crippen molar-refractivity contribution in [3.05, 3.63) is 77.4 Å². The summed E-state index contributed by atoms with van der Waals surface area (Å²) < 4.78 is 35.1. The molecule has 36 heavy (non-hydrogen) atoms. The van der Waals surface area contributed by atoms with E-state index in [4.69, 9.17) is 4.74 Å². The van der Waals surface area contributed by atoms with Crippen LogP contribution in [0.15, 0.2) is 48.8 Å². The summed E-state index contributed by atoms with van der Waals surface area (Å²) in [6.07, 6.45) is 3.68. The van der Waals surface area contributed by atoms with E-state index in [0.717, 1.165) is 12.1 Å². The average Bonchev–Trinajstić information content (AvgIpc) is 3.27. The Morgan fingerprint density at radius 1 is 1.14 bits per heavy atom. The minimum absolute atomic E-state index is 0.0461. The van der Waals surface area contributed by atoms with E-state index in [2.05, 4.69) is 15.4 Å². The molecule has 190 valence electrons. The van der Waals surface area contributed by atoms with E-state index in [1.807, 2.05) is 26.8 Å². The fraction of sp³-hybridized carbons (Fsp3) is 0.385. The lowest BCUT2D eigenvalue weighted by atomic mass is 9.90. The molecule has 1 aromatic carbocycles. The fourth-order valence-electron chi connectivity index (χ4n) is 4.20. The van der Waals surface area contributed by atoms with Crippen LogP contribution in [-0.4, -0.2) is 50.4 Å². The molecule has 1 aliphatic rings. The number of aromatic nitrogens is 3. The molecule has 3 aromatic rings. The van der Waals surface area contributed by atoms with E-state index < -0.39 is 23.3 Å². The van der Waals surface area contributed by atoms with Crippen LogP contribution in [0.2, 0.25) is 0 Å². The number of piperidine rings is 1. The van der Waals surface area contributed by atoms with Crippen LogP contribution in [0.5, 0.6) is 0 Å². The van der Waals surface area contributed by atoms with Crippen molar-refractivity contribution in [3.8, 4) is 5.69 Å². The number of nitrogens with one attached hydrogen (secondary N) is 1. The van der Waals surface area contributed by atoms with E-state index in [0.29, 0.717) is 42.9 Å². The highest BCUT2D eigenvalue weighted by Crippen LogP contribution is 2.33. The van der Waals surface area contributed by atoms with Gasteiger partial charge in [0.15, 0.2) is 5.82 Å². The molecule has 0 radical (unpaired) electrons.